The molecule has 1 atom stereocenters. The van der Waals surface area contributed by atoms with E-state index in [4.69, 9.17) is 0 Å². The summed E-state index contributed by atoms with van der Waals surface area (Å²) in [6, 6.07) is 7.40. The van der Waals surface area contributed by atoms with Gasteiger partial charge >= 0.3 is 0 Å². The number of aliphatic hydroxyl groups is 1. The largest absolute Gasteiger partial charge is 0.387 e. The second kappa shape index (κ2) is 8.57. The molecule has 1 saturated heterocycles. The molecule has 0 radical (unpaired) electrons. The first-order valence-corrected chi connectivity index (χ1v) is 9.67. The van der Waals surface area contributed by atoms with Crippen molar-refractivity contribution < 1.29 is 9.90 Å². The first-order chi connectivity index (χ1) is 12.9. The molecule has 0 saturated carbocycles. The molecule has 0 bridgehead atoms. The fourth-order valence-electron chi connectivity index (χ4n) is 3.63. The summed E-state index contributed by atoms with van der Waals surface area (Å²) in [5.41, 5.74) is 2.09. The van der Waals surface area contributed by atoms with E-state index in [9.17, 15) is 9.90 Å². The van der Waals surface area contributed by atoms with Gasteiger partial charge < -0.3 is 10.0 Å². The maximum Gasteiger partial charge on any atom is 0.272 e. The van der Waals surface area contributed by atoms with Crippen LogP contribution in [0.5, 0.6) is 0 Å². The Bertz CT molecular complexity index is 771. The smallest absolute Gasteiger partial charge is 0.272 e. The van der Waals surface area contributed by atoms with Crippen molar-refractivity contribution in [1.29, 1.82) is 0 Å². The summed E-state index contributed by atoms with van der Waals surface area (Å²) in [5, 5.41) is 10.6. The Kier molecular flexibility index (Phi) is 6.16. The third-order valence-corrected chi connectivity index (χ3v) is 4.99. The number of likely N-dealkylation sites (tertiary alicyclic amines) is 1. The first-order valence-electron chi connectivity index (χ1n) is 9.67. The number of nitrogens with zero attached hydrogens (tertiary/aromatic N) is 4. The lowest BCUT2D eigenvalue weighted by molar-refractivity contribution is 0.0443. The molecule has 6 nitrogen and oxygen atoms in total. The molecule has 0 spiro atoms. The van der Waals surface area contributed by atoms with Gasteiger partial charge in [0.05, 0.1) is 11.8 Å². The molecule has 1 amide bonds. The number of aromatic nitrogens is 3. The van der Waals surface area contributed by atoms with Gasteiger partial charge in [-0.3, -0.25) is 9.78 Å². The fourth-order valence-corrected chi connectivity index (χ4v) is 3.63. The molecular formula is C21H28N4O2. The molecule has 144 valence electrons. The number of rotatable bonds is 5. The molecule has 6 heteroatoms. The van der Waals surface area contributed by atoms with Crippen molar-refractivity contribution in [2.24, 2.45) is 11.8 Å². The van der Waals surface area contributed by atoms with E-state index in [-0.39, 0.29) is 11.8 Å². The van der Waals surface area contributed by atoms with Crippen molar-refractivity contribution in [3.05, 3.63) is 53.4 Å². The summed E-state index contributed by atoms with van der Waals surface area (Å²) in [5.74, 6) is 1.19. The number of aryl methyl sites for hydroxylation is 1. The van der Waals surface area contributed by atoms with Gasteiger partial charge in [0.2, 0.25) is 0 Å². The number of carbonyl (C=O) groups excluding carboxylic acids is 1. The van der Waals surface area contributed by atoms with Crippen LogP contribution in [0.15, 0.2) is 30.5 Å². The van der Waals surface area contributed by atoms with E-state index in [1.807, 2.05) is 36.1 Å². The quantitative estimate of drug-likeness (QED) is 0.878. The van der Waals surface area contributed by atoms with Crippen LogP contribution in [0, 0.1) is 18.8 Å². The van der Waals surface area contributed by atoms with E-state index >= 15 is 0 Å². The maximum atomic E-state index is 12.9. The molecule has 3 heterocycles. The predicted molar refractivity (Wildman–Crippen MR) is 103 cm³/mol. The molecule has 1 fully saturated rings. The van der Waals surface area contributed by atoms with Gasteiger partial charge in [-0.15, -0.1) is 0 Å². The van der Waals surface area contributed by atoms with Crippen LogP contribution in [0.3, 0.4) is 0 Å². The summed E-state index contributed by atoms with van der Waals surface area (Å²) in [6.45, 7) is 7.34. The van der Waals surface area contributed by atoms with E-state index in [2.05, 4.69) is 28.8 Å². The zero-order chi connectivity index (χ0) is 19.4. The zero-order valence-corrected chi connectivity index (χ0v) is 16.3. The Balaban J connectivity index is 1.64. The molecule has 2 aromatic rings. The van der Waals surface area contributed by atoms with Crippen molar-refractivity contribution in [3.8, 4) is 0 Å². The first kappa shape index (κ1) is 19.4. The van der Waals surface area contributed by atoms with E-state index in [1.54, 1.807) is 6.20 Å². The van der Waals surface area contributed by atoms with Crippen molar-refractivity contribution >= 4 is 5.91 Å². The average Bonchev–Trinajstić information content (AvgIpc) is 2.66. The highest BCUT2D eigenvalue weighted by Crippen LogP contribution is 2.30. The third kappa shape index (κ3) is 4.89. The standard InChI is InChI=1S/C21H28N4O2/c1-14(2)12-17-13-19(24-15(3)23-17)21(27)25-10-7-16(8-11-25)20(26)18-6-4-5-9-22-18/h4-6,9,13-14,16,20,26H,7-8,10-12H2,1-3H3/t20-/m1/s1. The predicted octanol–water partition coefficient (Wildman–Crippen LogP) is 2.96. The number of piperidine rings is 1. The molecule has 27 heavy (non-hydrogen) atoms. The molecule has 0 unspecified atom stereocenters. The summed E-state index contributed by atoms with van der Waals surface area (Å²) in [4.78, 5) is 27.8. The van der Waals surface area contributed by atoms with Crippen molar-refractivity contribution in [1.82, 2.24) is 19.9 Å². The van der Waals surface area contributed by atoms with Crippen LogP contribution >= 0.6 is 0 Å². The molecule has 1 aliphatic heterocycles. The Morgan fingerprint density at radius 2 is 2.00 bits per heavy atom. The molecule has 0 aromatic carbocycles. The van der Waals surface area contributed by atoms with Crippen molar-refractivity contribution in [2.45, 2.75) is 46.1 Å². The van der Waals surface area contributed by atoms with Crippen LogP contribution in [0.1, 0.15) is 60.5 Å². The van der Waals surface area contributed by atoms with Crippen LogP contribution in [0.2, 0.25) is 0 Å². The minimum Gasteiger partial charge on any atom is -0.387 e. The monoisotopic (exact) mass is 368 g/mol. The van der Waals surface area contributed by atoms with Gasteiger partial charge in [0.25, 0.3) is 5.91 Å². The van der Waals surface area contributed by atoms with Gasteiger partial charge in [0, 0.05) is 25.0 Å². The van der Waals surface area contributed by atoms with Crippen LogP contribution in [-0.2, 0) is 6.42 Å². The number of hydrogen-bond acceptors (Lipinski definition) is 5. The highest BCUT2D eigenvalue weighted by Gasteiger charge is 2.29. The summed E-state index contributed by atoms with van der Waals surface area (Å²) in [7, 11) is 0. The van der Waals surface area contributed by atoms with Gasteiger partial charge in [0.1, 0.15) is 11.5 Å². The fraction of sp³-hybridized carbons (Fsp3) is 0.524. The van der Waals surface area contributed by atoms with Crippen LogP contribution in [-0.4, -0.2) is 44.0 Å². The second-order valence-corrected chi connectivity index (χ2v) is 7.72. The lowest BCUT2D eigenvalue weighted by Gasteiger charge is -2.34. The SMILES string of the molecule is Cc1nc(CC(C)C)cc(C(=O)N2CCC([C@@H](O)c3ccccn3)CC2)n1. The Hall–Kier alpha value is -2.34. The van der Waals surface area contributed by atoms with Crippen molar-refractivity contribution in [3.63, 3.8) is 0 Å². The number of amides is 1. The van der Waals surface area contributed by atoms with Crippen LogP contribution < -0.4 is 0 Å². The molecule has 0 aliphatic carbocycles. The van der Waals surface area contributed by atoms with Gasteiger partial charge in [0.15, 0.2) is 0 Å². The molecule has 3 rings (SSSR count). The number of aliphatic hydroxyl groups excluding tert-OH is 1. The van der Waals surface area contributed by atoms with E-state index in [0.717, 1.165) is 25.0 Å². The Labute approximate surface area is 160 Å². The van der Waals surface area contributed by atoms with Gasteiger partial charge in [-0.2, -0.15) is 0 Å². The topological polar surface area (TPSA) is 79.2 Å². The minimum atomic E-state index is -0.581. The lowest BCUT2D eigenvalue weighted by atomic mass is 9.89. The average molecular weight is 368 g/mol. The van der Waals surface area contributed by atoms with Gasteiger partial charge in [-0.1, -0.05) is 19.9 Å². The van der Waals surface area contributed by atoms with E-state index in [0.29, 0.717) is 36.2 Å². The highest BCUT2D eigenvalue weighted by atomic mass is 16.3. The minimum absolute atomic E-state index is 0.0451. The third-order valence-electron chi connectivity index (χ3n) is 4.99. The summed E-state index contributed by atoms with van der Waals surface area (Å²) >= 11 is 0. The van der Waals surface area contributed by atoms with Gasteiger partial charge in [-0.05, 0) is 56.2 Å². The Morgan fingerprint density at radius 3 is 2.63 bits per heavy atom. The van der Waals surface area contributed by atoms with E-state index in [1.165, 1.54) is 0 Å². The maximum absolute atomic E-state index is 12.9. The second-order valence-electron chi connectivity index (χ2n) is 7.72. The number of carbonyl (C=O) groups is 1. The lowest BCUT2D eigenvalue weighted by Crippen LogP contribution is -2.40. The van der Waals surface area contributed by atoms with Crippen molar-refractivity contribution in [2.75, 3.05) is 13.1 Å². The van der Waals surface area contributed by atoms with Crippen LogP contribution in [0.25, 0.3) is 0 Å². The number of pyridine rings is 1. The van der Waals surface area contributed by atoms with Gasteiger partial charge in [-0.25, -0.2) is 9.97 Å². The normalized spacial score (nSPS) is 16.6. The molecule has 2 aromatic heterocycles. The highest BCUT2D eigenvalue weighted by molar-refractivity contribution is 5.92. The van der Waals surface area contributed by atoms with Crippen LogP contribution in [0.4, 0.5) is 0 Å². The zero-order valence-electron chi connectivity index (χ0n) is 16.3. The number of hydrogen-bond donors (Lipinski definition) is 1. The molecule has 1 aliphatic rings. The van der Waals surface area contributed by atoms with E-state index < -0.39 is 6.10 Å². The molecular weight excluding hydrogens is 340 g/mol. The summed E-state index contributed by atoms with van der Waals surface area (Å²) < 4.78 is 0. The summed E-state index contributed by atoms with van der Waals surface area (Å²) in [6.07, 6.45) is 3.46. The Morgan fingerprint density at radius 1 is 1.26 bits per heavy atom. The molecule has 1 N–H and O–H groups in total.